The van der Waals surface area contributed by atoms with E-state index in [2.05, 4.69) is 25.7 Å². The number of nitrogens with zero attached hydrogens (tertiary/aromatic N) is 2. The van der Waals surface area contributed by atoms with E-state index in [0.29, 0.717) is 18.0 Å². The summed E-state index contributed by atoms with van der Waals surface area (Å²) in [4.78, 5) is 7.14. The van der Waals surface area contributed by atoms with Crippen LogP contribution >= 0.6 is 0 Å². The molecule has 1 saturated carbocycles. The summed E-state index contributed by atoms with van der Waals surface area (Å²) in [6.07, 6.45) is 7.80. The summed E-state index contributed by atoms with van der Waals surface area (Å²) in [5, 5.41) is 0. The average Bonchev–Trinajstić information content (AvgIpc) is 2.35. The number of hydrogen-bond donors (Lipinski definition) is 1. The maximum atomic E-state index is 6.27. The Labute approximate surface area is 112 Å². The second kappa shape index (κ2) is 5.94. The largest absolute Gasteiger partial charge is 0.370 e. The molecular weight excluding hydrogens is 222 g/mol. The summed E-state index contributed by atoms with van der Waals surface area (Å²) in [5.41, 5.74) is 6.27. The van der Waals surface area contributed by atoms with Crippen molar-refractivity contribution in [1.82, 2.24) is 4.90 Å². The number of nitrogens with two attached hydrogens (primary N) is 1. The van der Waals surface area contributed by atoms with E-state index in [-0.39, 0.29) is 0 Å². The lowest BCUT2D eigenvalue weighted by molar-refractivity contribution is 0.144. The van der Waals surface area contributed by atoms with Gasteiger partial charge >= 0.3 is 0 Å². The lowest BCUT2D eigenvalue weighted by Gasteiger charge is -2.42. The van der Waals surface area contributed by atoms with Gasteiger partial charge in [-0.15, -0.1) is 0 Å². The van der Waals surface area contributed by atoms with Gasteiger partial charge in [0.1, 0.15) is 0 Å². The Kier molecular flexibility index (Phi) is 4.52. The molecule has 0 aromatic heterocycles. The van der Waals surface area contributed by atoms with Gasteiger partial charge in [0.2, 0.25) is 0 Å². The third-order valence-electron chi connectivity index (χ3n) is 4.78. The zero-order chi connectivity index (χ0) is 13.1. The fourth-order valence-corrected chi connectivity index (χ4v) is 3.49. The highest BCUT2D eigenvalue weighted by Crippen LogP contribution is 2.27. The van der Waals surface area contributed by atoms with Gasteiger partial charge in [0.25, 0.3) is 0 Å². The molecule has 2 rings (SSSR count). The van der Waals surface area contributed by atoms with Crippen LogP contribution in [0.1, 0.15) is 59.3 Å². The first-order chi connectivity index (χ1) is 8.58. The summed E-state index contributed by atoms with van der Waals surface area (Å²) in [6.45, 7) is 8.03. The van der Waals surface area contributed by atoms with E-state index in [9.17, 15) is 0 Å². The molecule has 0 spiro atoms. The van der Waals surface area contributed by atoms with Crippen LogP contribution in [-0.2, 0) is 0 Å². The average molecular weight is 251 g/mol. The van der Waals surface area contributed by atoms with Crippen LogP contribution < -0.4 is 5.73 Å². The summed E-state index contributed by atoms with van der Waals surface area (Å²) in [6, 6.07) is 1.02. The summed E-state index contributed by atoms with van der Waals surface area (Å²) in [5.74, 6) is 2.25. The highest BCUT2D eigenvalue weighted by atomic mass is 15.3. The molecule has 18 heavy (non-hydrogen) atoms. The number of likely N-dealkylation sites (tertiary alicyclic amines) is 1. The van der Waals surface area contributed by atoms with Gasteiger partial charge in [0.05, 0.1) is 6.04 Å². The molecule has 0 radical (unpaired) electrons. The first-order valence-corrected chi connectivity index (χ1v) is 7.68. The van der Waals surface area contributed by atoms with Crippen molar-refractivity contribution in [1.29, 1.82) is 0 Å². The third kappa shape index (κ3) is 3.18. The molecule has 3 atom stereocenters. The Morgan fingerprint density at radius 1 is 1.11 bits per heavy atom. The Morgan fingerprint density at radius 2 is 1.78 bits per heavy atom. The standard InChI is InChI=1S/C15H29N3/c1-11-9-12(2)13(3)18(10-11)15(16)17-14-7-5-4-6-8-14/h11-14H,4-10H2,1-3H3,(H2,16,17). The highest BCUT2D eigenvalue weighted by molar-refractivity contribution is 5.78. The van der Waals surface area contributed by atoms with Gasteiger partial charge in [0, 0.05) is 12.6 Å². The van der Waals surface area contributed by atoms with Crippen LogP contribution in [0.2, 0.25) is 0 Å². The van der Waals surface area contributed by atoms with Gasteiger partial charge in [-0.3, -0.25) is 0 Å². The minimum absolute atomic E-state index is 0.485. The summed E-state index contributed by atoms with van der Waals surface area (Å²) in [7, 11) is 0. The zero-order valence-electron chi connectivity index (χ0n) is 12.2. The lowest BCUT2D eigenvalue weighted by atomic mass is 9.86. The van der Waals surface area contributed by atoms with E-state index in [4.69, 9.17) is 10.7 Å². The van der Waals surface area contributed by atoms with Crippen LogP contribution in [0.4, 0.5) is 0 Å². The topological polar surface area (TPSA) is 41.6 Å². The molecule has 104 valence electrons. The smallest absolute Gasteiger partial charge is 0.191 e. The van der Waals surface area contributed by atoms with E-state index in [1.165, 1.54) is 38.5 Å². The van der Waals surface area contributed by atoms with Crippen LogP contribution in [0.3, 0.4) is 0 Å². The SMILES string of the molecule is CC1CC(C)C(C)N(C(N)=NC2CCCCC2)C1. The molecule has 1 saturated heterocycles. The predicted molar refractivity (Wildman–Crippen MR) is 77.6 cm³/mol. The monoisotopic (exact) mass is 251 g/mol. The van der Waals surface area contributed by atoms with Crippen LogP contribution in [0.25, 0.3) is 0 Å². The van der Waals surface area contributed by atoms with Crippen molar-refractivity contribution in [3.63, 3.8) is 0 Å². The molecule has 0 amide bonds. The third-order valence-corrected chi connectivity index (χ3v) is 4.78. The number of hydrogen-bond acceptors (Lipinski definition) is 1. The van der Waals surface area contributed by atoms with Crippen molar-refractivity contribution < 1.29 is 0 Å². The molecule has 1 heterocycles. The maximum absolute atomic E-state index is 6.27. The van der Waals surface area contributed by atoms with Crippen molar-refractivity contribution in [2.45, 2.75) is 71.4 Å². The van der Waals surface area contributed by atoms with Crippen LogP contribution in [0.5, 0.6) is 0 Å². The van der Waals surface area contributed by atoms with Crippen molar-refractivity contribution >= 4 is 5.96 Å². The van der Waals surface area contributed by atoms with Gasteiger partial charge in [-0.1, -0.05) is 33.1 Å². The van der Waals surface area contributed by atoms with Crippen LogP contribution in [0.15, 0.2) is 4.99 Å². The molecule has 0 aromatic rings. The van der Waals surface area contributed by atoms with E-state index < -0.39 is 0 Å². The minimum atomic E-state index is 0.485. The number of piperidine rings is 1. The van der Waals surface area contributed by atoms with Gasteiger partial charge in [0.15, 0.2) is 5.96 Å². The fourth-order valence-electron chi connectivity index (χ4n) is 3.49. The molecule has 1 aliphatic carbocycles. The Morgan fingerprint density at radius 3 is 2.44 bits per heavy atom. The van der Waals surface area contributed by atoms with Crippen molar-refractivity contribution in [3.05, 3.63) is 0 Å². The lowest BCUT2D eigenvalue weighted by Crippen LogP contribution is -2.52. The van der Waals surface area contributed by atoms with Crippen LogP contribution in [-0.4, -0.2) is 29.5 Å². The molecule has 1 aliphatic heterocycles. The number of aliphatic imine (C=N–C) groups is 1. The minimum Gasteiger partial charge on any atom is -0.370 e. The molecule has 0 aromatic carbocycles. The molecule has 2 N–H and O–H groups in total. The zero-order valence-corrected chi connectivity index (χ0v) is 12.2. The number of guanidine groups is 1. The summed E-state index contributed by atoms with van der Waals surface area (Å²) >= 11 is 0. The summed E-state index contributed by atoms with van der Waals surface area (Å²) < 4.78 is 0. The molecule has 2 aliphatic rings. The van der Waals surface area contributed by atoms with Crippen molar-refractivity contribution in [2.24, 2.45) is 22.6 Å². The molecule has 3 heteroatoms. The second-order valence-electron chi connectivity index (χ2n) is 6.49. The van der Waals surface area contributed by atoms with Crippen LogP contribution in [0, 0.1) is 11.8 Å². The first-order valence-electron chi connectivity index (χ1n) is 7.68. The molecule has 2 fully saturated rings. The van der Waals surface area contributed by atoms with Crippen molar-refractivity contribution in [3.8, 4) is 0 Å². The molecule has 3 unspecified atom stereocenters. The quantitative estimate of drug-likeness (QED) is 0.575. The Bertz CT molecular complexity index is 294. The normalized spacial score (nSPS) is 35.8. The highest BCUT2D eigenvalue weighted by Gasteiger charge is 2.30. The molecule has 0 bridgehead atoms. The maximum Gasteiger partial charge on any atom is 0.191 e. The second-order valence-corrected chi connectivity index (χ2v) is 6.49. The van der Waals surface area contributed by atoms with Crippen molar-refractivity contribution in [2.75, 3.05) is 6.54 Å². The van der Waals surface area contributed by atoms with Gasteiger partial charge in [-0.2, -0.15) is 0 Å². The van der Waals surface area contributed by atoms with Gasteiger partial charge in [-0.05, 0) is 38.0 Å². The number of rotatable bonds is 1. The fraction of sp³-hybridized carbons (Fsp3) is 0.933. The molecule has 3 nitrogen and oxygen atoms in total. The van der Waals surface area contributed by atoms with E-state index in [1.54, 1.807) is 0 Å². The van der Waals surface area contributed by atoms with Gasteiger partial charge in [-0.25, -0.2) is 4.99 Å². The Balaban J connectivity index is 2.01. The Hall–Kier alpha value is -0.730. The van der Waals surface area contributed by atoms with Gasteiger partial charge < -0.3 is 10.6 Å². The van der Waals surface area contributed by atoms with E-state index >= 15 is 0 Å². The molecular formula is C15H29N3. The predicted octanol–water partition coefficient (Wildman–Crippen LogP) is 3.00. The first kappa shape index (κ1) is 13.7. The van der Waals surface area contributed by atoms with E-state index in [0.717, 1.165) is 18.4 Å². The van der Waals surface area contributed by atoms with E-state index in [1.807, 2.05) is 0 Å².